The zero-order valence-corrected chi connectivity index (χ0v) is 8.90. The maximum absolute atomic E-state index is 10.7. The van der Waals surface area contributed by atoms with Crippen molar-refractivity contribution in [2.45, 2.75) is 13.8 Å². The summed E-state index contributed by atoms with van der Waals surface area (Å²) in [5, 5.41) is 8.78. The van der Waals surface area contributed by atoms with Crippen molar-refractivity contribution in [2.75, 3.05) is 0 Å². The number of aliphatic carboxylic acids is 1. The van der Waals surface area contributed by atoms with Gasteiger partial charge in [-0.05, 0) is 31.1 Å². The number of carbonyl (C=O) groups is 1. The Balaban J connectivity index is 3.03. The summed E-state index contributed by atoms with van der Waals surface area (Å²) in [6.07, 6.45) is 3.58. The Bertz CT molecular complexity index is 400. The number of hydrogen-bond donors (Lipinski definition) is 1. The number of allylic oxidation sites excluding steroid dienone is 3. The zero-order chi connectivity index (χ0) is 11.3. The first kappa shape index (κ1) is 11.2. The maximum atomic E-state index is 10.7. The standard InChI is InChI=1S/C13H14O2/c1-3-11(9-10(2)13(14)15)12-7-5-4-6-8-12/h3-9H,1-2H3,(H,14,15)/b10-9+,11-3-. The molecule has 0 atom stereocenters. The third-order valence-electron chi connectivity index (χ3n) is 2.13. The van der Waals surface area contributed by atoms with Crippen molar-refractivity contribution in [1.82, 2.24) is 0 Å². The Morgan fingerprint density at radius 3 is 2.33 bits per heavy atom. The van der Waals surface area contributed by atoms with E-state index in [0.717, 1.165) is 11.1 Å². The molecule has 0 aromatic heterocycles. The quantitative estimate of drug-likeness (QED) is 0.604. The monoisotopic (exact) mass is 202 g/mol. The lowest BCUT2D eigenvalue weighted by atomic mass is 10.0. The normalized spacial score (nSPS) is 12.7. The van der Waals surface area contributed by atoms with Crippen LogP contribution in [0.25, 0.3) is 5.57 Å². The average molecular weight is 202 g/mol. The second kappa shape index (κ2) is 5.15. The molecule has 1 N–H and O–H groups in total. The van der Waals surface area contributed by atoms with Gasteiger partial charge in [0.15, 0.2) is 0 Å². The van der Waals surface area contributed by atoms with Gasteiger partial charge in [-0.3, -0.25) is 0 Å². The molecule has 1 rings (SSSR count). The van der Waals surface area contributed by atoms with Crippen LogP contribution in [0.15, 0.2) is 48.1 Å². The largest absolute Gasteiger partial charge is 0.478 e. The zero-order valence-electron chi connectivity index (χ0n) is 8.90. The lowest BCUT2D eigenvalue weighted by Gasteiger charge is -2.02. The van der Waals surface area contributed by atoms with Crippen molar-refractivity contribution < 1.29 is 9.90 Å². The second-order valence-electron chi connectivity index (χ2n) is 3.24. The van der Waals surface area contributed by atoms with Crippen LogP contribution >= 0.6 is 0 Å². The lowest BCUT2D eigenvalue weighted by Crippen LogP contribution is -1.96. The summed E-state index contributed by atoms with van der Waals surface area (Å²) in [4.78, 5) is 10.7. The molecule has 0 aliphatic rings. The third kappa shape index (κ3) is 3.09. The van der Waals surface area contributed by atoms with E-state index in [-0.39, 0.29) is 0 Å². The minimum atomic E-state index is -0.884. The summed E-state index contributed by atoms with van der Waals surface area (Å²) in [6.45, 7) is 3.49. The van der Waals surface area contributed by atoms with Gasteiger partial charge in [-0.25, -0.2) is 4.79 Å². The van der Waals surface area contributed by atoms with E-state index in [2.05, 4.69) is 0 Å². The van der Waals surface area contributed by atoms with Gasteiger partial charge in [-0.2, -0.15) is 0 Å². The molecule has 0 aliphatic heterocycles. The minimum Gasteiger partial charge on any atom is -0.478 e. The van der Waals surface area contributed by atoms with E-state index < -0.39 is 5.97 Å². The number of carboxylic acids is 1. The van der Waals surface area contributed by atoms with Crippen molar-refractivity contribution in [1.29, 1.82) is 0 Å². The number of hydrogen-bond acceptors (Lipinski definition) is 1. The van der Waals surface area contributed by atoms with E-state index in [0.29, 0.717) is 5.57 Å². The summed E-state index contributed by atoms with van der Waals surface area (Å²) in [5.41, 5.74) is 2.29. The Morgan fingerprint density at radius 1 is 1.27 bits per heavy atom. The predicted octanol–water partition coefficient (Wildman–Crippen LogP) is 3.12. The van der Waals surface area contributed by atoms with E-state index in [1.165, 1.54) is 0 Å². The van der Waals surface area contributed by atoms with Gasteiger partial charge in [0.25, 0.3) is 0 Å². The van der Waals surface area contributed by atoms with Gasteiger partial charge < -0.3 is 5.11 Å². The molecule has 0 aliphatic carbocycles. The maximum Gasteiger partial charge on any atom is 0.331 e. The predicted molar refractivity (Wildman–Crippen MR) is 61.5 cm³/mol. The van der Waals surface area contributed by atoms with E-state index >= 15 is 0 Å². The van der Waals surface area contributed by atoms with Crippen LogP contribution in [0.5, 0.6) is 0 Å². The molecule has 2 heteroatoms. The van der Waals surface area contributed by atoms with Crippen LogP contribution in [0, 0.1) is 0 Å². The molecule has 0 saturated carbocycles. The Kier molecular flexibility index (Phi) is 3.86. The molecule has 0 bridgehead atoms. The SMILES string of the molecule is C/C=C(/C=C(\C)C(=O)O)c1ccccc1. The highest BCUT2D eigenvalue weighted by atomic mass is 16.4. The first-order chi connectivity index (χ1) is 7.15. The van der Waals surface area contributed by atoms with Gasteiger partial charge in [0.05, 0.1) is 0 Å². The van der Waals surface area contributed by atoms with E-state index in [1.54, 1.807) is 13.0 Å². The van der Waals surface area contributed by atoms with Crippen molar-refractivity contribution in [3.8, 4) is 0 Å². The topological polar surface area (TPSA) is 37.3 Å². The van der Waals surface area contributed by atoms with Gasteiger partial charge in [0, 0.05) is 5.57 Å². The highest BCUT2D eigenvalue weighted by Gasteiger charge is 2.02. The van der Waals surface area contributed by atoms with Gasteiger partial charge in [-0.15, -0.1) is 0 Å². The van der Waals surface area contributed by atoms with Crippen molar-refractivity contribution >= 4 is 11.5 Å². The lowest BCUT2D eigenvalue weighted by molar-refractivity contribution is -0.132. The molecule has 0 fully saturated rings. The first-order valence-corrected chi connectivity index (χ1v) is 4.78. The number of rotatable bonds is 3. The Hall–Kier alpha value is -1.83. The summed E-state index contributed by atoms with van der Waals surface area (Å²) in [7, 11) is 0. The van der Waals surface area contributed by atoms with Crippen LogP contribution in [0.1, 0.15) is 19.4 Å². The molecular weight excluding hydrogens is 188 g/mol. The summed E-state index contributed by atoms with van der Waals surface area (Å²) >= 11 is 0. The molecule has 15 heavy (non-hydrogen) atoms. The molecule has 0 saturated heterocycles. The average Bonchev–Trinajstić information content (AvgIpc) is 2.26. The van der Waals surface area contributed by atoms with Crippen LogP contribution in [-0.2, 0) is 4.79 Å². The molecular formula is C13H14O2. The fourth-order valence-corrected chi connectivity index (χ4v) is 1.26. The molecule has 0 amide bonds. The Labute approximate surface area is 89.6 Å². The second-order valence-corrected chi connectivity index (χ2v) is 3.24. The van der Waals surface area contributed by atoms with Crippen molar-refractivity contribution in [3.63, 3.8) is 0 Å². The summed E-state index contributed by atoms with van der Waals surface area (Å²) in [5.74, 6) is -0.884. The van der Waals surface area contributed by atoms with E-state index in [4.69, 9.17) is 5.11 Å². The fraction of sp³-hybridized carbons (Fsp3) is 0.154. The van der Waals surface area contributed by atoms with Crippen LogP contribution in [0.4, 0.5) is 0 Å². The number of benzene rings is 1. The molecule has 0 spiro atoms. The highest BCUT2D eigenvalue weighted by Crippen LogP contribution is 2.16. The van der Waals surface area contributed by atoms with E-state index in [9.17, 15) is 4.79 Å². The van der Waals surface area contributed by atoms with Gasteiger partial charge in [0.2, 0.25) is 0 Å². The van der Waals surface area contributed by atoms with Crippen molar-refractivity contribution in [2.24, 2.45) is 0 Å². The molecule has 2 nitrogen and oxygen atoms in total. The van der Waals surface area contributed by atoms with Gasteiger partial charge in [-0.1, -0.05) is 36.4 Å². The molecule has 78 valence electrons. The number of carboxylic acid groups (broad SMARTS) is 1. The summed E-state index contributed by atoms with van der Waals surface area (Å²) < 4.78 is 0. The molecule has 1 aromatic carbocycles. The fourth-order valence-electron chi connectivity index (χ4n) is 1.26. The van der Waals surface area contributed by atoms with Crippen LogP contribution < -0.4 is 0 Å². The van der Waals surface area contributed by atoms with Gasteiger partial charge >= 0.3 is 5.97 Å². The van der Waals surface area contributed by atoms with Crippen LogP contribution in [0.2, 0.25) is 0 Å². The molecule has 0 unspecified atom stereocenters. The molecule has 0 heterocycles. The minimum absolute atomic E-state index is 0.340. The van der Waals surface area contributed by atoms with E-state index in [1.807, 2.05) is 43.3 Å². The molecule has 0 radical (unpaired) electrons. The Morgan fingerprint density at radius 2 is 1.87 bits per heavy atom. The molecule has 1 aromatic rings. The van der Waals surface area contributed by atoms with Crippen LogP contribution in [-0.4, -0.2) is 11.1 Å². The van der Waals surface area contributed by atoms with Crippen LogP contribution in [0.3, 0.4) is 0 Å². The summed E-state index contributed by atoms with van der Waals surface area (Å²) in [6, 6.07) is 9.72. The third-order valence-corrected chi connectivity index (χ3v) is 2.13. The first-order valence-electron chi connectivity index (χ1n) is 4.78. The smallest absolute Gasteiger partial charge is 0.331 e. The van der Waals surface area contributed by atoms with Gasteiger partial charge in [0.1, 0.15) is 0 Å². The van der Waals surface area contributed by atoms with Crippen molar-refractivity contribution in [3.05, 3.63) is 53.6 Å². The highest BCUT2D eigenvalue weighted by molar-refractivity contribution is 5.90.